The fourth-order valence-electron chi connectivity index (χ4n) is 3.68. The van der Waals surface area contributed by atoms with Crippen LogP contribution in [0.1, 0.15) is 60.8 Å². The van der Waals surface area contributed by atoms with E-state index < -0.39 is 5.91 Å². The van der Waals surface area contributed by atoms with E-state index in [1.54, 1.807) is 72.8 Å². The second-order valence-corrected chi connectivity index (χ2v) is 8.07. The Bertz CT molecular complexity index is 1210. The van der Waals surface area contributed by atoms with Gasteiger partial charge in [-0.25, -0.2) is 0 Å². The standard InChI is InChI=1S/C26H23N3O4/c1-16(2)27-23(30)19-7-3-4-8-20(19)24(31)28-18-13-11-17(12-14-18)15-29-25(32)21-9-5-6-10-22(21)26(29)33/h3-14,16H,15H2,1-2H3,(H,27,30)(H,28,31). The van der Waals surface area contributed by atoms with Crippen LogP contribution in [0, 0.1) is 0 Å². The molecular formula is C26H23N3O4. The van der Waals surface area contributed by atoms with Crippen molar-refractivity contribution in [2.45, 2.75) is 26.4 Å². The number of benzene rings is 3. The minimum absolute atomic E-state index is 0.0525. The number of amides is 4. The van der Waals surface area contributed by atoms with E-state index in [0.29, 0.717) is 22.4 Å². The maximum atomic E-state index is 12.8. The number of nitrogens with zero attached hydrogens (tertiary/aromatic N) is 1. The van der Waals surface area contributed by atoms with Crippen molar-refractivity contribution in [2.24, 2.45) is 0 Å². The molecule has 7 nitrogen and oxygen atoms in total. The first-order valence-corrected chi connectivity index (χ1v) is 10.6. The molecule has 1 heterocycles. The van der Waals surface area contributed by atoms with Crippen molar-refractivity contribution in [3.63, 3.8) is 0 Å². The number of anilines is 1. The number of carbonyl (C=O) groups excluding carboxylic acids is 4. The highest BCUT2D eigenvalue weighted by Crippen LogP contribution is 2.24. The van der Waals surface area contributed by atoms with Gasteiger partial charge in [0.25, 0.3) is 23.6 Å². The van der Waals surface area contributed by atoms with Gasteiger partial charge < -0.3 is 10.6 Å². The summed E-state index contributed by atoms with van der Waals surface area (Å²) in [5.74, 6) is -1.35. The SMILES string of the molecule is CC(C)NC(=O)c1ccccc1C(=O)Nc1ccc(CN2C(=O)c3ccccc3C2=O)cc1. The fraction of sp³-hybridized carbons (Fsp3) is 0.154. The van der Waals surface area contributed by atoms with Crippen molar-refractivity contribution in [1.82, 2.24) is 10.2 Å². The van der Waals surface area contributed by atoms with Gasteiger partial charge >= 0.3 is 0 Å². The Hall–Kier alpha value is -4.26. The number of hydrogen-bond acceptors (Lipinski definition) is 4. The Kier molecular flexibility index (Phi) is 6.04. The highest BCUT2D eigenvalue weighted by Gasteiger charge is 2.34. The van der Waals surface area contributed by atoms with Gasteiger partial charge in [-0.1, -0.05) is 36.4 Å². The summed E-state index contributed by atoms with van der Waals surface area (Å²) in [5.41, 5.74) is 2.67. The first kappa shape index (κ1) is 22.0. The van der Waals surface area contributed by atoms with Crippen molar-refractivity contribution in [2.75, 3.05) is 5.32 Å². The zero-order chi connectivity index (χ0) is 23.5. The van der Waals surface area contributed by atoms with E-state index in [4.69, 9.17) is 0 Å². The van der Waals surface area contributed by atoms with Gasteiger partial charge in [0.1, 0.15) is 0 Å². The average Bonchev–Trinajstić information content (AvgIpc) is 3.05. The van der Waals surface area contributed by atoms with Crippen LogP contribution >= 0.6 is 0 Å². The zero-order valence-electron chi connectivity index (χ0n) is 18.3. The Morgan fingerprint density at radius 2 is 1.27 bits per heavy atom. The Labute approximate surface area is 191 Å². The topological polar surface area (TPSA) is 95.6 Å². The Balaban J connectivity index is 1.45. The van der Waals surface area contributed by atoms with Gasteiger partial charge in [0.15, 0.2) is 0 Å². The van der Waals surface area contributed by atoms with Gasteiger partial charge in [-0.2, -0.15) is 0 Å². The molecule has 33 heavy (non-hydrogen) atoms. The Morgan fingerprint density at radius 3 is 1.82 bits per heavy atom. The zero-order valence-corrected chi connectivity index (χ0v) is 18.3. The number of hydrogen-bond donors (Lipinski definition) is 2. The predicted molar refractivity (Wildman–Crippen MR) is 124 cm³/mol. The van der Waals surface area contributed by atoms with Crippen LogP contribution in [-0.2, 0) is 6.54 Å². The van der Waals surface area contributed by atoms with E-state index in [0.717, 1.165) is 5.56 Å². The second-order valence-electron chi connectivity index (χ2n) is 8.07. The van der Waals surface area contributed by atoms with E-state index in [9.17, 15) is 19.2 Å². The molecule has 0 aromatic heterocycles. The van der Waals surface area contributed by atoms with Crippen LogP contribution in [-0.4, -0.2) is 34.6 Å². The van der Waals surface area contributed by atoms with Gasteiger partial charge in [0.2, 0.25) is 0 Å². The summed E-state index contributed by atoms with van der Waals surface area (Å²) < 4.78 is 0. The summed E-state index contributed by atoms with van der Waals surface area (Å²) >= 11 is 0. The van der Waals surface area contributed by atoms with Crippen molar-refractivity contribution < 1.29 is 19.2 Å². The first-order valence-electron chi connectivity index (χ1n) is 10.6. The average molecular weight is 441 g/mol. The molecule has 0 atom stereocenters. The molecule has 2 N–H and O–H groups in total. The summed E-state index contributed by atoms with van der Waals surface area (Å²) in [6.07, 6.45) is 0. The number of carbonyl (C=O) groups is 4. The number of imide groups is 1. The maximum Gasteiger partial charge on any atom is 0.261 e. The normalized spacial score (nSPS) is 12.6. The molecule has 1 aliphatic rings. The van der Waals surface area contributed by atoms with Gasteiger partial charge in [-0.15, -0.1) is 0 Å². The highest BCUT2D eigenvalue weighted by atomic mass is 16.2. The lowest BCUT2D eigenvalue weighted by Gasteiger charge is -2.15. The van der Waals surface area contributed by atoms with Crippen LogP contribution in [0.2, 0.25) is 0 Å². The summed E-state index contributed by atoms with van der Waals surface area (Å²) in [7, 11) is 0. The third-order valence-electron chi connectivity index (χ3n) is 5.27. The van der Waals surface area contributed by atoms with Gasteiger partial charge in [-0.05, 0) is 55.8 Å². The molecular weight excluding hydrogens is 418 g/mol. The van der Waals surface area contributed by atoms with Crippen LogP contribution in [0.15, 0.2) is 72.8 Å². The first-order chi connectivity index (χ1) is 15.8. The van der Waals surface area contributed by atoms with Gasteiger partial charge in [0.05, 0.1) is 28.8 Å². The van der Waals surface area contributed by atoms with E-state index in [2.05, 4.69) is 10.6 Å². The summed E-state index contributed by atoms with van der Waals surface area (Å²) in [4.78, 5) is 51.5. The van der Waals surface area contributed by atoms with Crippen molar-refractivity contribution in [3.8, 4) is 0 Å². The molecule has 0 aliphatic carbocycles. The quantitative estimate of drug-likeness (QED) is 0.568. The van der Waals surface area contributed by atoms with Gasteiger partial charge in [-0.3, -0.25) is 24.1 Å². The van der Waals surface area contributed by atoms with E-state index in [1.165, 1.54) is 4.90 Å². The fourth-order valence-corrected chi connectivity index (χ4v) is 3.68. The predicted octanol–water partition coefficient (Wildman–Crippen LogP) is 3.87. The summed E-state index contributed by atoms with van der Waals surface area (Å²) in [6.45, 7) is 3.84. The number of rotatable bonds is 6. The van der Waals surface area contributed by atoms with E-state index in [-0.39, 0.29) is 35.9 Å². The third-order valence-corrected chi connectivity index (χ3v) is 5.27. The summed E-state index contributed by atoms with van der Waals surface area (Å²) in [6, 6.07) is 20.2. The molecule has 166 valence electrons. The summed E-state index contributed by atoms with van der Waals surface area (Å²) in [5, 5.41) is 5.59. The molecule has 3 aromatic carbocycles. The van der Waals surface area contributed by atoms with Crippen molar-refractivity contribution in [1.29, 1.82) is 0 Å². The van der Waals surface area contributed by atoms with Crippen molar-refractivity contribution >= 4 is 29.3 Å². The van der Waals surface area contributed by atoms with Crippen molar-refractivity contribution in [3.05, 3.63) is 101 Å². The Morgan fingerprint density at radius 1 is 0.758 bits per heavy atom. The monoisotopic (exact) mass is 441 g/mol. The second kappa shape index (κ2) is 9.08. The molecule has 0 spiro atoms. The maximum absolute atomic E-state index is 12.8. The van der Waals surface area contributed by atoms with E-state index in [1.807, 2.05) is 13.8 Å². The largest absolute Gasteiger partial charge is 0.350 e. The van der Waals surface area contributed by atoms with Crippen LogP contribution in [0.4, 0.5) is 5.69 Å². The molecule has 4 amide bonds. The third kappa shape index (κ3) is 4.52. The molecule has 0 unspecified atom stereocenters. The highest BCUT2D eigenvalue weighted by molar-refractivity contribution is 6.21. The molecule has 3 aromatic rings. The molecule has 4 rings (SSSR count). The smallest absolute Gasteiger partial charge is 0.261 e. The number of nitrogens with one attached hydrogen (secondary N) is 2. The number of fused-ring (bicyclic) bond motifs is 1. The molecule has 0 bridgehead atoms. The minimum Gasteiger partial charge on any atom is -0.350 e. The van der Waals surface area contributed by atoms with Crippen LogP contribution < -0.4 is 10.6 Å². The lowest BCUT2D eigenvalue weighted by Crippen LogP contribution is -2.31. The van der Waals surface area contributed by atoms with Crippen LogP contribution in [0.25, 0.3) is 0 Å². The minimum atomic E-state index is -0.405. The lowest BCUT2D eigenvalue weighted by atomic mass is 10.1. The van der Waals surface area contributed by atoms with Gasteiger partial charge in [0, 0.05) is 11.7 Å². The molecule has 0 saturated heterocycles. The van der Waals surface area contributed by atoms with Crippen LogP contribution in [0.3, 0.4) is 0 Å². The molecule has 0 saturated carbocycles. The van der Waals surface area contributed by atoms with E-state index >= 15 is 0 Å². The molecule has 0 radical (unpaired) electrons. The lowest BCUT2D eigenvalue weighted by molar-refractivity contribution is 0.0641. The molecule has 0 fully saturated rings. The van der Waals surface area contributed by atoms with Crippen LogP contribution in [0.5, 0.6) is 0 Å². The molecule has 7 heteroatoms. The molecule has 1 aliphatic heterocycles.